The van der Waals surface area contributed by atoms with Gasteiger partial charge in [-0.3, -0.25) is 9.59 Å². The molecule has 2 amide bonds. The lowest BCUT2D eigenvalue weighted by Gasteiger charge is -2.42. The molecule has 0 unspecified atom stereocenters. The Morgan fingerprint density at radius 1 is 1.06 bits per heavy atom. The van der Waals surface area contributed by atoms with Crippen LogP contribution in [0.5, 0.6) is 0 Å². The predicted molar refractivity (Wildman–Crippen MR) is 120 cm³/mol. The summed E-state index contributed by atoms with van der Waals surface area (Å²) in [5.41, 5.74) is 0.182. The number of nitrogens with zero attached hydrogens (tertiary/aromatic N) is 2. The number of amides is 2. The first kappa shape index (κ1) is 22.0. The van der Waals surface area contributed by atoms with Crippen molar-refractivity contribution in [1.82, 2.24) is 9.80 Å². The molecular weight excluding hydrogens is 423 g/mol. The molecule has 0 saturated carbocycles. The number of halogens is 1. The van der Waals surface area contributed by atoms with Gasteiger partial charge in [-0.2, -0.15) is 0 Å². The molecule has 2 aromatic carbocycles. The van der Waals surface area contributed by atoms with Gasteiger partial charge in [-0.25, -0.2) is 4.39 Å². The van der Waals surface area contributed by atoms with Gasteiger partial charge in [-0.1, -0.05) is 36.4 Å². The summed E-state index contributed by atoms with van der Waals surface area (Å²) < 4.78 is 25.5. The summed E-state index contributed by atoms with van der Waals surface area (Å²) in [5.74, 6) is -0.568. The van der Waals surface area contributed by atoms with E-state index in [0.717, 1.165) is 31.6 Å². The number of likely N-dealkylation sites (tertiary alicyclic amines) is 1. The minimum absolute atomic E-state index is 0.0559. The van der Waals surface area contributed by atoms with Crippen molar-refractivity contribution in [3.63, 3.8) is 0 Å². The highest BCUT2D eigenvalue weighted by molar-refractivity contribution is 5.96. The van der Waals surface area contributed by atoms with Crippen LogP contribution in [0.25, 0.3) is 0 Å². The Morgan fingerprint density at radius 3 is 2.61 bits per heavy atom. The minimum Gasteiger partial charge on any atom is -0.381 e. The van der Waals surface area contributed by atoms with Gasteiger partial charge in [-0.05, 0) is 42.5 Å². The first-order valence-corrected chi connectivity index (χ1v) is 11.7. The van der Waals surface area contributed by atoms with E-state index in [9.17, 15) is 14.0 Å². The van der Waals surface area contributed by atoms with Crippen molar-refractivity contribution in [3.8, 4) is 0 Å². The van der Waals surface area contributed by atoms with Gasteiger partial charge in [-0.15, -0.1) is 0 Å². The summed E-state index contributed by atoms with van der Waals surface area (Å²) in [7, 11) is 0. The van der Waals surface area contributed by atoms with E-state index >= 15 is 0 Å². The molecule has 1 spiro atoms. The third-order valence-corrected chi connectivity index (χ3v) is 7.14. The van der Waals surface area contributed by atoms with Gasteiger partial charge in [0.1, 0.15) is 5.82 Å². The molecule has 0 bridgehead atoms. The number of morpholine rings is 1. The quantitative estimate of drug-likeness (QED) is 0.716. The number of benzene rings is 2. The molecule has 174 valence electrons. The molecule has 0 aliphatic carbocycles. The second-order valence-corrected chi connectivity index (χ2v) is 9.20. The first-order chi connectivity index (χ1) is 16.1. The number of rotatable bonds is 4. The second kappa shape index (κ2) is 9.23. The van der Waals surface area contributed by atoms with Gasteiger partial charge in [0.15, 0.2) is 5.60 Å². The summed E-state index contributed by atoms with van der Waals surface area (Å²) in [6.45, 7) is 3.48. The van der Waals surface area contributed by atoms with Crippen LogP contribution in [0.15, 0.2) is 54.6 Å². The summed E-state index contributed by atoms with van der Waals surface area (Å²) in [6, 6.07) is 15.6. The Hall–Kier alpha value is -2.77. The summed E-state index contributed by atoms with van der Waals surface area (Å²) in [4.78, 5) is 30.6. The molecule has 0 aromatic heterocycles. The van der Waals surface area contributed by atoms with Crippen LogP contribution in [0, 0.1) is 11.7 Å². The molecule has 0 N–H and O–H groups in total. The molecule has 5 rings (SSSR count). The molecule has 7 heteroatoms. The third kappa shape index (κ3) is 4.27. The van der Waals surface area contributed by atoms with E-state index < -0.39 is 11.4 Å². The average molecular weight is 453 g/mol. The SMILES string of the molecule is O=C(c1cccc(F)c1)N1CCO[C@@]2(C1)C(=O)N(CC1CCOCC1)C[C@@H]2c1ccccc1. The van der Waals surface area contributed by atoms with Crippen molar-refractivity contribution in [3.05, 3.63) is 71.5 Å². The first-order valence-electron chi connectivity index (χ1n) is 11.7. The summed E-state index contributed by atoms with van der Waals surface area (Å²) >= 11 is 0. The van der Waals surface area contributed by atoms with E-state index in [0.29, 0.717) is 25.6 Å². The summed E-state index contributed by atoms with van der Waals surface area (Å²) in [6.07, 6.45) is 1.88. The minimum atomic E-state index is -1.13. The van der Waals surface area contributed by atoms with Crippen LogP contribution in [0.4, 0.5) is 4.39 Å². The van der Waals surface area contributed by atoms with Crippen LogP contribution >= 0.6 is 0 Å². The van der Waals surface area contributed by atoms with E-state index in [2.05, 4.69) is 0 Å². The third-order valence-electron chi connectivity index (χ3n) is 7.14. The second-order valence-electron chi connectivity index (χ2n) is 9.20. The van der Waals surface area contributed by atoms with Crippen molar-refractivity contribution in [2.75, 3.05) is 46.0 Å². The Balaban J connectivity index is 1.44. The van der Waals surface area contributed by atoms with Crippen LogP contribution in [-0.4, -0.2) is 73.2 Å². The van der Waals surface area contributed by atoms with Gasteiger partial charge in [0, 0.05) is 44.3 Å². The number of hydrogen-bond donors (Lipinski definition) is 0. The van der Waals surface area contributed by atoms with E-state index in [1.165, 1.54) is 18.2 Å². The highest BCUT2D eigenvalue weighted by Crippen LogP contribution is 2.43. The van der Waals surface area contributed by atoms with Crippen molar-refractivity contribution >= 4 is 11.8 Å². The maximum Gasteiger partial charge on any atom is 0.257 e. The zero-order chi connectivity index (χ0) is 22.8. The fraction of sp³-hybridized carbons (Fsp3) is 0.462. The Kier molecular flexibility index (Phi) is 6.17. The molecule has 3 saturated heterocycles. The van der Waals surface area contributed by atoms with Crippen LogP contribution in [0.1, 0.15) is 34.7 Å². The van der Waals surface area contributed by atoms with Crippen molar-refractivity contribution in [2.45, 2.75) is 24.4 Å². The molecule has 3 aliphatic rings. The van der Waals surface area contributed by atoms with Crippen LogP contribution in [0.2, 0.25) is 0 Å². The Labute approximate surface area is 193 Å². The van der Waals surface area contributed by atoms with Crippen LogP contribution in [-0.2, 0) is 14.3 Å². The van der Waals surface area contributed by atoms with Crippen LogP contribution in [0.3, 0.4) is 0 Å². The Morgan fingerprint density at radius 2 is 1.85 bits per heavy atom. The van der Waals surface area contributed by atoms with E-state index in [1.807, 2.05) is 35.2 Å². The maximum atomic E-state index is 13.9. The molecular formula is C26H29FN2O4. The zero-order valence-electron chi connectivity index (χ0n) is 18.6. The molecule has 6 nitrogen and oxygen atoms in total. The van der Waals surface area contributed by atoms with Gasteiger partial charge >= 0.3 is 0 Å². The average Bonchev–Trinajstić information content (AvgIpc) is 3.10. The zero-order valence-corrected chi connectivity index (χ0v) is 18.6. The normalized spacial score (nSPS) is 26.2. The van der Waals surface area contributed by atoms with Gasteiger partial charge in [0.2, 0.25) is 0 Å². The molecule has 33 heavy (non-hydrogen) atoms. The lowest BCUT2D eigenvalue weighted by Crippen LogP contribution is -2.59. The number of carbonyl (C=O) groups is 2. The van der Waals surface area contributed by atoms with Gasteiger partial charge < -0.3 is 19.3 Å². The highest BCUT2D eigenvalue weighted by Gasteiger charge is 2.58. The van der Waals surface area contributed by atoms with E-state index in [1.54, 1.807) is 11.0 Å². The smallest absolute Gasteiger partial charge is 0.257 e. The monoisotopic (exact) mass is 452 g/mol. The van der Waals surface area contributed by atoms with Gasteiger partial charge in [0.05, 0.1) is 13.2 Å². The summed E-state index contributed by atoms with van der Waals surface area (Å²) in [5, 5.41) is 0. The Bertz CT molecular complexity index is 1010. The number of ether oxygens (including phenoxy) is 2. The molecule has 0 radical (unpaired) electrons. The fourth-order valence-corrected chi connectivity index (χ4v) is 5.39. The van der Waals surface area contributed by atoms with E-state index in [-0.39, 0.29) is 36.4 Å². The maximum absolute atomic E-state index is 13.9. The largest absolute Gasteiger partial charge is 0.381 e. The predicted octanol–water partition coefficient (Wildman–Crippen LogP) is 3.09. The molecule has 3 heterocycles. The lowest BCUT2D eigenvalue weighted by atomic mass is 9.83. The van der Waals surface area contributed by atoms with Crippen molar-refractivity contribution in [2.24, 2.45) is 5.92 Å². The number of carbonyl (C=O) groups excluding carboxylic acids is 2. The standard InChI is InChI=1S/C26H29FN2O4/c27-22-8-4-7-21(15-22)24(30)28-11-14-33-26(18-28)23(20-5-2-1-3-6-20)17-29(25(26)31)16-19-9-12-32-13-10-19/h1-8,15,19,23H,9-14,16-18H2/t23-,26-/m1/s1. The topological polar surface area (TPSA) is 59.1 Å². The van der Waals surface area contributed by atoms with E-state index in [4.69, 9.17) is 9.47 Å². The molecule has 2 atom stereocenters. The number of hydrogen-bond acceptors (Lipinski definition) is 4. The molecule has 3 aliphatic heterocycles. The van der Waals surface area contributed by atoms with Gasteiger partial charge in [0.25, 0.3) is 11.8 Å². The van der Waals surface area contributed by atoms with Crippen molar-refractivity contribution in [1.29, 1.82) is 0 Å². The highest BCUT2D eigenvalue weighted by atomic mass is 19.1. The molecule has 3 fully saturated rings. The fourth-order valence-electron chi connectivity index (χ4n) is 5.39. The lowest BCUT2D eigenvalue weighted by molar-refractivity contribution is -0.160. The van der Waals surface area contributed by atoms with Crippen LogP contribution < -0.4 is 0 Å². The van der Waals surface area contributed by atoms with Crippen molar-refractivity contribution < 1.29 is 23.5 Å². The molecule has 2 aromatic rings.